The summed E-state index contributed by atoms with van der Waals surface area (Å²) in [7, 11) is 3.12. The standard InChI is InChI=1S/C21H24N2O4.ClH/c1-26-20-9-8-16(14-21(20)27-2)19(25)15-22-10-12-23(13-11-22)17-6-4-3-5-7-18(17)24;/h3-9,14H,10-13,15H2,1-2H3;1H. The molecule has 1 fully saturated rings. The fourth-order valence-corrected chi connectivity index (χ4v) is 3.23. The van der Waals surface area contributed by atoms with Crippen LogP contribution in [0.15, 0.2) is 53.3 Å². The number of Topliss-reactive ketones (excluding diaryl/α,β-unsaturated/α-hetero) is 1. The number of rotatable bonds is 6. The van der Waals surface area contributed by atoms with Crippen molar-refractivity contribution in [2.75, 3.05) is 51.8 Å². The summed E-state index contributed by atoms with van der Waals surface area (Å²) in [6, 6.07) is 14.1. The highest BCUT2D eigenvalue weighted by Gasteiger charge is 2.21. The second-order valence-electron chi connectivity index (χ2n) is 6.42. The minimum Gasteiger partial charge on any atom is -0.493 e. The van der Waals surface area contributed by atoms with Gasteiger partial charge in [-0.15, -0.1) is 12.4 Å². The molecule has 0 saturated carbocycles. The first-order chi connectivity index (χ1) is 13.1. The Bertz CT molecular complexity index is 867. The zero-order valence-electron chi connectivity index (χ0n) is 16.1. The number of piperazine rings is 1. The van der Waals surface area contributed by atoms with Crippen LogP contribution in [0.25, 0.3) is 0 Å². The van der Waals surface area contributed by atoms with Gasteiger partial charge in [0.15, 0.2) is 17.3 Å². The van der Waals surface area contributed by atoms with Crippen LogP contribution in [0, 0.1) is 0 Å². The number of hydrogen-bond donors (Lipinski definition) is 0. The summed E-state index contributed by atoms with van der Waals surface area (Å²) in [5.74, 6) is 1.19. The van der Waals surface area contributed by atoms with E-state index in [0.29, 0.717) is 29.3 Å². The molecule has 0 atom stereocenters. The molecule has 0 aliphatic carbocycles. The molecular formula is C21H25ClN2O4. The Hall–Kier alpha value is -2.57. The Morgan fingerprint density at radius 3 is 2.29 bits per heavy atom. The molecule has 1 aliphatic rings. The summed E-state index contributed by atoms with van der Waals surface area (Å²) in [6.07, 6.45) is 0. The van der Waals surface area contributed by atoms with E-state index in [-0.39, 0.29) is 23.6 Å². The first-order valence-electron chi connectivity index (χ1n) is 8.94. The smallest absolute Gasteiger partial charge is 0.201 e. The fraction of sp³-hybridized carbons (Fsp3) is 0.333. The number of methoxy groups -OCH3 is 2. The second-order valence-corrected chi connectivity index (χ2v) is 6.42. The average molecular weight is 405 g/mol. The van der Waals surface area contributed by atoms with Gasteiger partial charge in [0.1, 0.15) is 0 Å². The molecule has 1 saturated heterocycles. The largest absolute Gasteiger partial charge is 0.493 e. The van der Waals surface area contributed by atoms with E-state index < -0.39 is 0 Å². The van der Waals surface area contributed by atoms with E-state index in [4.69, 9.17) is 9.47 Å². The Kier molecular flexibility index (Phi) is 7.84. The van der Waals surface area contributed by atoms with Gasteiger partial charge in [-0.05, 0) is 30.3 Å². The quantitative estimate of drug-likeness (QED) is 0.689. The van der Waals surface area contributed by atoms with Gasteiger partial charge in [0, 0.05) is 31.7 Å². The van der Waals surface area contributed by atoms with Crippen molar-refractivity contribution >= 4 is 23.9 Å². The molecule has 1 heterocycles. The van der Waals surface area contributed by atoms with Gasteiger partial charge in [-0.3, -0.25) is 14.5 Å². The van der Waals surface area contributed by atoms with Crippen molar-refractivity contribution in [3.63, 3.8) is 0 Å². The molecule has 0 unspecified atom stereocenters. The molecule has 7 heteroatoms. The van der Waals surface area contributed by atoms with Crippen LogP contribution in [0.4, 0.5) is 5.69 Å². The van der Waals surface area contributed by atoms with Crippen LogP contribution in [0.3, 0.4) is 0 Å². The molecule has 0 bridgehead atoms. The Balaban J connectivity index is 0.00000280. The number of hydrogen-bond acceptors (Lipinski definition) is 6. The van der Waals surface area contributed by atoms with Gasteiger partial charge in [-0.2, -0.15) is 0 Å². The van der Waals surface area contributed by atoms with Gasteiger partial charge < -0.3 is 14.4 Å². The highest BCUT2D eigenvalue weighted by atomic mass is 35.5. The highest BCUT2D eigenvalue weighted by Crippen LogP contribution is 2.27. The van der Waals surface area contributed by atoms with Gasteiger partial charge in [0.2, 0.25) is 5.43 Å². The van der Waals surface area contributed by atoms with Crippen molar-refractivity contribution in [2.24, 2.45) is 0 Å². The molecular weight excluding hydrogens is 380 g/mol. The van der Waals surface area contributed by atoms with Crippen LogP contribution < -0.4 is 19.8 Å². The van der Waals surface area contributed by atoms with Crippen LogP contribution in [0.2, 0.25) is 0 Å². The SMILES string of the molecule is COc1ccc(C(=O)CN2CCN(c3cccccc3=O)CC2)cc1OC.Cl. The minimum atomic E-state index is 0. The minimum absolute atomic E-state index is 0. The Morgan fingerprint density at radius 1 is 0.929 bits per heavy atom. The van der Waals surface area contributed by atoms with E-state index in [1.807, 2.05) is 18.2 Å². The third-order valence-electron chi connectivity index (χ3n) is 4.76. The molecule has 150 valence electrons. The molecule has 0 amide bonds. The van der Waals surface area contributed by atoms with Crippen molar-refractivity contribution in [3.05, 3.63) is 64.3 Å². The lowest BCUT2D eigenvalue weighted by Crippen LogP contribution is -2.48. The third kappa shape index (κ3) is 5.03. The summed E-state index contributed by atoms with van der Waals surface area (Å²) in [6.45, 7) is 3.25. The summed E-state index contributed by atoms with van der Waals surface area (Å²) < 4.78 is 10.5. The van der Waals surface area contributed by atoms with Crippen molar-refractivity contribution in [2.45, 2.75) is 0 Å². The van der Waals surface area contributed by atoms with Crippen LogP contribution in [-0.4, -0.2) is 57.6 Å². The van der Waals surface area contributed by atoms with Gasteiger partial charge in [-0.1, -0.05) is 18.2 Å². The number of ether oxygens (including phenoxy) is 2. The van der Waals surface area contributed by atoms with E-state index >= 15 is 0 Å². The first-order valence-corrected chi connectivity index (χ1v) is 8.94. The Labute approximate surface area is 171 Å². The molecule has 28 heavy (non-hydrogen) atoms. The van der Waals surface area contributed by atoms with Gasteiger partial charge in [0.05, 0.1) is 26.5 Å². The zero-order valence-corrected chi connectivity index (χ0v) is 16.9. The number of benzene rings is 1. The number of ketones is 1. The number of anilines is 1. The van der Waals surface area contributed by atoms with E-state index in [1.54, 1.807) is 44.6 Å². The molecule has 6 nitrogen and oxygen atoms in total. The molecule has 0 N–H and O–H groups in total. The summed E-state index contributed by atoms with van der Waals surface area (Å²) in [4.78, 5) is 29.0. The molecule has 0 aromatic heterocycles. The molecule has 2 aromatic rings. The van der Waals surface area contributed by atoms with E-state index in [9.17, 15) is 9.59 Å². The van der Waals surface area contributed by atoms with E-state index in [1.165, 1.54) is 0 Å². The molecule has 3 rings (SSSR count). The van der Waals surface area contributed by atoms with Crippen LogP contribution in [0.5, 0.6) is 11.5 Å². The lowest BCUT2D eigenvalue weighted by atomic mass is 10.1. The fourth-order valence-electron chi connectivity index (χ4n) is 3.23. The van der Waals surface area contributed by atoms with Crippen molar-refractivity contribution < 1.29 is 14.3 Å². The predicted molar refractivity (Wildman–Crippen MR) is 112 cm³/mol. The normalized spacial score (nSPS) is 14.1. The maximum atomic E-state index is 12.6. The van der Waals surface area contributed by atoms with E-state index in [2.05, 4.69) is 9.80 Å². The first kappa shape index (κ1) is 21.7. The third-order valence-corrected chi connectivity index (χ3v) is 4.76. The number of halogens is 1. The molecule has 1 aliphatic heterocycles. The van der Waals surface area contributed by atoms with Crippen molar-refractivity contribution in [1.82, 2.24) is 4.90 Å². The van der Waals surface area contributed by atoms with E-state index in [0.717, 1.165) is 26.2 Å². The van der Waals surface area contributed by atoms with Crippen molar-refractivity contribution in [1.29, 1.82) is 0 Å². The summed E-state index contributed by atoms with van der Waals surface area (Å²) in [5, 5.41) is 0. The van der Waals surface area contributed by atoms with Crippen molar-refractivity contribution in [3.8, 4) is 11.5 Å². The highest BCUT2D eigenvalue weighted by molar-refractivity contribution is 5.98. The second kappa shape index (κ2) is 10.1. The number of nitrogens with zero attached hydrogens (tertiary/aromatic N) is 2. The van der Waals surface area contributed by atoms with Gasteiger partial charge >= 0.3 is 0 Å². The number of carbonyl (C=O) groups is 1. The number of carbonyl (C=O) groups excluding carboxylic acids is 1. The molecule has 0 spiro atoms. The lowest BCUT2D eigenvalue weighted by Gasteiger charge is -2.35. The summed E-state index contributed by atoms with van der Waals surface area (Å²) in [5.41, 5.74) is 1.34. The summed E-state index contributed by atoms with van der Waals surface area (Å²) >= 11 is 0. The van der Waals surface area contributed by atoms with Gasteiger partial charge in [-0.25, -0.2) is 0 Å². The Morgan fingerprint density at radius 2 is 1.61 bits per heavy atom. The van der Waals surface area contributed by atoms with Gasteiger partial charge in [0.25, 0.3) is 0 Å². The average Bonchev–Trinajstić information content (AvgIpc) is 2.92. The topological polar surface area (TPSA) is 59.1 Å². The maximum absolute atomic E-state index is 12.6. The molecule has 2 aromatic carbocycles. The predicted octanol–water partition coefficient (Wildman–Crippen LogP) is 2.49. The van der Waals surface area contributed by atoms with Crippen LogP contribution >= 0.6 is 12.4 Å². The van der Waals surface area contributed by atoms with Crippen LogP contribution in [0.1, 0.15) is 10.4 Å². The lowest BCUT2D eigenvalue weighted by molar-refractivity contribution is 0.0926. The monoisotopic (exact) mass is 404 g/mol. The van der Waals surface area contributed by atoms with Crippen LogP contribution in [-0.2, 0) is 0 Å². The molecule has 0 radical (unpaired) electrons. The maximum Gasteiger partial charge on any atom is 0.201 e. The zero-order chi connectivity index (χ0) is 19.2.